The van der Waals surface area contributed by atoms with Crippen LogP contribution in [0, 0.1) is 0 Å². The van der Waals surface area contributed by atoms with Crippen molar-refractivity contribution in [3.8, 4) is 5.75 Å². The molecule has 1 unspecified atom stereocenters. The number of rotatable bonds is 6. The second kappa shape index (κ2) is 10.7. The fourth-order valence-corrected chi connectivity index (χ4v) is 4.53. The van der Waals surface area contributed by atoms with E-state index in [9.17, 15) is 19.5 Å². The monoisotopic (exact) mass is 528 g/mol. The number of pyridine rings is 1. The SMILES string of the molecule is COc1ccc(C(C)(C)C)cc1/C(O)=C1\C(=O)C(=O)N(c2cccc(C(=O)OC(C)C)c2)C1c1ccncc1. The number of carbonyl (C=O) groups is 3. The molecule has 0 bridgehead atoms. The summed E-state index contributed by atoms with van der Waals surface area (Å²) in [5, 5.41) is 11.7. The van der Waals surface area contributed by atoms with E-state index in [1.807, 2.05) is 26.8 Å². The lowest BCUT2D eigenvalue weighted by Crippen LogP contribution is -2.29. The average molecular weight is 529 g/mol. The van der Waals surface area contributed by atoms with Gasteiger partial charge in [0.2, 0.25) is 0 Å². The number of Topliss-reactive ketones (excluding diaryl/α,β-unsaturated/α-hetero) is 1. The third kappa shape index (κ3) is 5.41. The summed E-state index contributed by atoms with van der Waals surface area (Å²) in [6.07, 6.45) is 2.77. The summed E-state index contributed by atoms with van der Waals surface area (Å²) < 4.78 is 10.8. The van der Waals surface area contributed by atoms with Crippen LogP contribution in [0.15, 0.2) is 72.6 Å². The molecule has 39 heavy (non-hydrogen) atoms. The molecule has 1 fully saturated rings. The van der Waals surface area contributed by atoms with Gasteiger partial charge in [0.1, 0.15) is 11.5 Å². The molecule has 0 spiro atoms. The van der Waals surface area contributed by atoms with Crippen molar-refractivity contribution < 1.29 is 29.0 Å². The first-order valence-electron chi connectivity index (χ1n) is 12.6. The zero-order valence-electron chi connectivity index (χ0n) is 22.9. The fourth-order valence-electron chi connectivity index (χ4n) is 4.53. The van der Waals surface area contributed by atoms with E-state index in [2.05, 4.69) is 4.98 Å². The lowest BCUT2D eigenvalue weighted by atomic mass is 9.85. The minimum absolute atomic E-state index is 0.0919. The second-order valence-corrected chi connectivity index (χ2v) is 10.6. The number of nitrogens with zero attached hydrogens (tertiary/aromatic N) is 2. The van der Waals surface area contributed by atoms with Gasteiger partial charge in [-0.2, -0.15) is 0 Å². The van der Waals surface area contributed by atoms with Crippen LogP contribution in [-0.4, -0.2) is 41.0 Å². The number of esters is 1. The van der Waals surface area contributed by atoms with Gasteiger partial charge >= 0.3 is 5.97 Å². The van der Waals surface area contributed by atoms with E-state index >= 15 is 0 Å². The highest BCUT2D eigenvalue weighted by molar-refractivity contribution is 6.51. The number of aromatic nitrogens is 1. The predicted octanol–water partition coefficient (Wildman–Crippen LogP) is 5.58. The predicted molar refractivity (Wildman–Crippen MR) is 148 cm³/mol. The number of aliphatic hydroxyl groups is 1. The first kappa shape index (κ1) is 27.6. The molecule has 2 aromatic carbocycles. The molecule has 0 radical (unpaired) electrons. The van der Waals surface area contributed by atoms with Gasteiger partial charge in [-0.25, -0.2) is 4.79 Å². The quantitative estimate of drug-likeness (QED) is 0.193. The van der Waals surface area contributed by atoms with Crippen molar-refractivity contribution in [2.24, 2.45) is 0 Å². The Balaban J connectivity index is 1.94. The molecule has 1 aromatic heterocycles. The minimum atomic E-state index is -0.979. The number of hydrogen-bond acceptors (Lipinski definition) is 7. The van der Waals surface area contributed by atoms with E-state index in [0.29, 0.717) is 22.6 Å². The van der Waals surface area contributed by atoms with E-state index in [1.54, 1.807) is 68.7 Å². The maximum absolute atomic E-state index is 13.6. The van der Waals surface area contributed by atoms with Crippen LogP contribution >= 0.6 is 0 Å². The van der Waals surface area contributed by atoms with E-state index in [1.165, 1.54) is 18.1 Å². The standard InChI is InChI=1S/C31H32N2O6/c1-18(2)39-30(37)20-8-7-9-22(16-20)33-26(19-12-14-32-15-13-19)25(28(35)29(33)36)27(34)23-17-21(31(3,4)5)10-11-24(23)38-6/h7-18,26,34H,1-6H3/b27-25+. The van der Waals surface area contributed by atoms with Crippen LogP contribution in [0.2, 0.25) is 0 Å². The number of amides is 1. The minimum Gasteiger partial charge on any atom is -0.507 e. The third-order valence-corrected chi connectivity index (χ3v) is 6.49. The van der Waals surface area contributed by atoms with Gasteiger partial charge in [-0.05, 0) is 72.9 Å². The Labute approximate surface area is 227 Å². The number of ketones is 1. The molecule has 1 atom stereocenters. The van der Waals surface area contributed by atoms with Gasteiger partial charge in [-0.1, -0.05) is 32.9 Å². The molecule has 0 saturated carbocycles. The highest BCUT2D eigenvalue weighted by Crippen LogP contribution is 2.44. The summed E-state index contributed by atoms with van der Waals surface area (Å²) in [5.41, 5.74) is 1.98. The molecule has 4 rings (SSSR count). The topological polar surface area (TPSA) is 106 Å². The Bertz CT molecular complexity index is 1450. The lowest BCUT2D eigenvalue weighted by molar-refractivity contribution is -0.132. The number of aliphatic hydroxyl groups excluding tert-OH is 1. The summed E-state index contributed by atoms with van der Waals surface area (Å²) in [4.78, 5) is 45.1. The molecule has 8 heteroatoms. The van der Waals surface area contributed by atoms with Crippen LogP contribution in [-0.2, 0) is 19.7 Å². The molecule has 1 aliphatic heterocycles. The van der Waals surface area contributed by atoms with Gasteiger partial charge in [0.25, 0.3) is 11.7 Å². The summed E-state index contributed by atoms with van der Waals surface area (Å²) in [6, 6.07) is 14.1. The number of ether oxygens (including phenoxy) is 2. The van der Waals surface area contributed by atoms with Crippen molar-refractivity contribution in [2.45, 2.75) is 52.2 Å². The van der Waals surface area contributed by atoms with Gasteiger partial charge in [0, 0.05) is 18.1 Å². The number of methoxy groups -OCH3 is 1. The molecule has 2 heterocycles. The third-order valence-electron chi connectivity index (χ3n) is 6.49. The van der Waals surface area contributed by atoms with Crippen molar-refractivity contribution in [3.63, 3.8) is 0 Å². The van der Waals surface area contributed by atoms with Crippen molar-refractivity contribution in [1.82, 2.24) is 4.98 Å². The van der Waals surface area contributed by atoms with Gasteiger partial charge in [0.05, 0.1) is 36.0 Å². The normalized spacial score (nSPS) is 17.0. The van der Waals surface area contributed by atoms with Crippen LogP contribution in [0.25, 0.3) is 5.76 Å². The number of benzene rings is 2. The Morgan fingerprint density at radius 1 is 1.03 bits per heavy atom. The zero-order valence-corrected chi connectivity index (χ0v) is 22.9. The van der Waals surface area contributed by atoms with Crippen LogP contribution in [0.5, 0.6) is 5.75 Å². The van der Waals surface area contributed by atoms with Gasteiger partial charge in [-0.3, -0.25) is 19.5 Å². The first-order chi connectivity index (χ1) is 18.4. The molecule has 1 saturated heterocycles. The largest absolute Gasteiger partial charge is 0.507 e. The lowest BCUT2D eigenvalue weighted by Gasteiger charge is -2.26. The van der Waals surface area contributed by atoms with E-state index < -0.39 is 23.7 Å². The molecule has 3 aromatic rings. The highest BCUT2D eigenvalue weighted by atomic mass is 16.5. The van der Waals surface area contributed by atoms with Crippen molar-refractivity contribution in [1.29, 1.82) is 0 Å². The number of anilines is 1. The van der Waals surface area contributed by atoms with Gasteiger partial charge in [-0.15, -0.1) is 0 Å². The maximum atomic E-state index is 13.6. The van der Waals surface area contributed by atoms with Gasteiger partial charge in [0.15, 0.2) is 0 Å². The maximum Gasteiger partial charge on any atom is 0.338 e. The number of hydrogen-bond donors (Lipinski definition) is 1. The molecule has 0 aliphatic carbocycles. The summed E-state index contributed by atoms with van der Waals surface area (Å²) in [5.74, 6) is -2.23. The summed E-state index contributed by atoms with van der Waals surface area (Å²) in [7, 11) is 1.48. The molecular formula is C31H32N2O6. The van der Waals surface area contributed by atoms with Crippen molar-refractivity contribution in [3.05, 3.63) is 94.8 Å². The van der Waals surface area contributed by atoms with E-state index in [4.69, 9.17) is 9.47 Å². The molecule has 8 nitrogen and oxygen atoms in total. The average Bonchev–Trinajstić information content (AvgIpc) is 3.17. The van der Waals surface area contributed by atoms with Crippen LogP contribution < -0.4 is 9.64 Å². The number of carbonyl (C=O) groups excluding carboxylic acids is 3. The Morgan fingerprint density at radius 2 is 1.72 bits per heavy atom. The Kier molecular flexibility index (Phi) is 7.58. The van der Waals surface area contributed by atoms with Crippen molar-refractivity contribution in [2.75, 3.05) is 12.0 Å². The van der Waals surface area contributed by atoms with Crippen LogP contribution in [0.1, 0.15) is 67.7 Å². The van der Waals surface area contributed by atoms with E-state index in [0.717, 1.165) is 5.56 Å². The van der Waals surface area contributed by atoms with Crippen molar-refractivity contribution >= 4 is 29.1 Å². The van der Waals surface area contributed by atoms with Crippen LogP contribution in [0.4, 0.5) is 5.69 Å². The van der Waals surface area contributed by atoms with Crippen LogP contribution in [0.3, 0.4) is 0 Å². The van der Waals surface area contributed by atoms with Gasteiger partial charge < -0.3 is 14.6 Å². The first-order valence-corrected chi connectivity index (χ1v) is 12.6. The zero-order chi connectivity index (χ0) is 28.5. The second-order valence-electron chi connectivity index (χ2n) is 10.6. The molecule has 202 valence electrons. The Morgan fingerprint density at radius 3 is 2.33 bits per heavy atom. The molecule has 1 aliphatic rings. The molecular weight excluding hydrogens is 496 g/mol. The fraction of sp³-hybridized carbons (Fsp3) is 0.290. The molecule has 1 N–H and O–H groups in total. The van der Waals surface area contributed by atoms with E-state index in [-0.39, 0.29) is 28.4 Å². The Hall–Kier alpha value is -4.46. The summed E-state index contributed by atoms with van der Waals surface area (Å²) in [6.45, 7) is 9.59. The molecule has 1 amide bonds. The smallest absolute Gasteiger partial charge is 0.338 e. The summed E-state index contributed by atoms with van der Waals surface area (Å²) >= 11 is 0. The highest BCUT2D eigenvalue weighted by Gasteiger charge is 2.47.